The molecule has 3 rings (SSSR count). The van der Waals surface area contributed by atoms with Gasteiger partial charge in [0.15, 0.2) is 5.60 Å². The van der Waals surface area contributed by atoms with Crippen molar-refractivity contribution in [3.05, 3.63) is 93.0 Å². The lowest BCUT2D eigenvalue weighted by Gasteiger charge is -2.32. The molecule has 5 nitrogen and oxygen atoms in total. The number of benzene rings is 2. The van der Waals surface area contributed by atoms with Gasteiger partial charge in [-0.15, -0.1) is 0 Å². The molecule has 0 aliphatic rings. The molecule has 1 atom stereocenters. The van der Waals surface area contributed by atoms with Gasteiger partial charge in [-0.1, -0.05) is 51.8 Å². The van der Waals surface area contributed by atoms with Crippen LogP contribution in [0.4, 0.5) is 13.2 Å². The quantitative estimate of drug-likeness (QED) is 0.352. The number of halogens is 5. The van der Waals surface area contributed by atoms with Crippen LogP contribution >= 0.6 is 27.5 Å². The third-order valence-electron chi connectivity index (χ3n) is 5.28. The van der Waals surface area contributed by atoms with Crippen LogP contribution in [0.25, 0.3) is 0 Å². The highest BCUT2D eigenvalue weighted by atomic mass is 79.9. The molecule has 0 aliphatic heterocycles. The van der Waals surface area contributed by atoms with E-state index in [-0.39, 0.29) is 18.8 Å². The molecule has 0 radical (unpaired) electrons. The van der Waals surface area contributed by atoms with Crippen molar-refractivity contribution in [2.45, 2.75) is 37.6 Å². The zero-order valence-electron chi connectivity index (χ0n) is 18.9. The van der Waals surface area contributed by atoms with Crippen molar-refractivity contribution < 1.29 is 27.8 Å². The molecule has 0 fully saturated rings. The average molecular weight is 572 g/mol. The SMILES string of the molecule is CC(C)(Oc1ccc(C(F)(F)F)cn1)C(=O)NCC(O)(Cc1ccc(Cl)cc1)c1cccc(Br)c1. The Balaban J connectivity index is 1.76. The second-order valence-electron chi connectivity index (χ2n) is 8.52. The van der Waals surface area contributed by atoms with Crippen molar-refractivity contribution in [1.82, 2.24) is 10.3 Å². The first kappa shape index (κ1) is 27.0. The van der Waals surface area contributed by atoms with Gasteiger partial charge in [0.2, 0.25) is 5.88 Å². The van der Waals surface area contributed by atoms with Gasteiger partial charge in [-0.2, -0.15) is 13.2 Å². The van der Waals surface area contributed by atoms with Gasteiger partial charge in [-0.3, -0.25) is 4.79 Å². The number of ether oxygens (including phenoxy) is 1. The summed E-state index contributed by atoms with van der Waals surface area (Å²) in [5, 5.41) is 14.9. The first-order valence-corrected chi connectivity index (χ1v) is 11.7. The summed E-state index contributed by atoms with van der Waals surface area (Å²) in [6, 6.07) is 16.0. The molecule has 0 spiro atoms. The minimum atomic E-state index is -4.53. The predicted molar refractivity (Wildman–Crippen MR) is 130 cm³/mol. The Bertz CT molecular complexity index is 1170. The van der Waals surface area contributed by atoms with E-state index in [1.807, 2.05) is 6.07 Å². The van der Waals surface area contributed by atoms with Crippen molar-refractivity contribution >= 4 is 33.4 Å². The van der Waals surface area contributed by atoms with Crippen LogP contribution in [-0.4, -0.2) is 28.1 Å². The first-order valence-electron chi connectivity index (χ1n) is 10.5. The third kappa shape index (κ3) is 7.19. The topological polar surface area (TPSA) is 71.5 Å². The second-order valence-corrected chi connectivity index (χ2v) is 9.88. The third-order valence-corrected chi connectivity index (χ3v) is 6.03. The summed E-state index contributed by atoms with van der Waals surface area (Å²) in [4.78, 5) is 16.6. The van der Waals surface area contributed by atoms with Crippen molar-refractivity contribution in [3.63, 3.8) is 0 Å². The van der Waals surface area contributed by atoms with Crippen molar-refractivity contribution in [2.24, 2.45) is 0 Å². The summed E-state index contributed by atoms with van der Waals surface area (Å²) in [6.07, 6.45) is -3.70. The Morgan fingerprint density at radius 2 is 1.77 bits per heavy atom. The molecule has 3 aromatic rings. The van der Waals surface area contributed by atoms with Crippen LogP contribution in [0.5, 0.6) is 5.88 Å². The Morgan fingerprint density at radius 3 is 2.34 bits per heavy atom. The zero-order chi connectivity index (χ0) is 25.9. The molecule has 0 bridgehead atoms. The monoisotopic (exact) mass is 570 g/mol. The molecule has 186 valence electrons. The number of amides is 1. The molecule has 35 heavy (non-hydrogen) atoms. The summed E-state index contributed by atoms with van der Waals surface area (Å²) >= 11 is 9.37. The molecule has 2 aromatic carbocycles. The lowest BCUT2D eigenvalue weighted by Crippen LogP contribution is -2.51. The van der Waals surface area contributed by atoms with Gasteiger partial charge in [0, 0.05) is 28.2 Å². The molecular weight excluding hydrogens is 549 g/mol. The van der Waals surface area contributed by atoms with Gasteiger partial charge in [-0.25, -0.2) is 4.98 Å². The van der Waals surface area contributed by atoms with Gasteiger partial charge in [0.05, 0.1) is 12.1 Å². The number of alkyl halides is 3. The number of nitrogens with zero attached hydrogens (tertiary/aromatic N) is 1. The van der Waals surface area contributed by atoms with E-state index in [9.17, 15) is 23.1 Å². The predicted octanol–water partition coefficient (Wildman–Crippen LogP) is 5.92. The number of rotatable bonds is 8. The molecule has 1 aromatic heterocycles. The van der Waals surface area contributed by atoms with E-state index in [1.165, 1.54) is 13.8 Å². The van der Waals surface area contributed by atoms with E-state index in [0.29, 0.717) is 16.8 Å². The maximum Gasteiger partial charge on any atom is 0.417 e. The van der Waals surface area contributed by atoms with Gasteiger partial charge >= 0.3 is 6.18 Å². The van der Waals surface area contributed by atoms with Crippen LogP contribution in [0.1, 0.15) is 30.5 Å². The van der Waals surface area contributed by atoms with Crippen LogP contribution in [0.3, 0.4) is 0 Å². The number of carbonyl (C=O) groups excluding carboxylic acids is 1. The Morgan fingerprint density at radius 1 is 1.09 bits per heavy atom. The number of hydrogen-bond donors (Lipinski definition) is 2. The number of hydrogen-bond acceptors (Lipinski definition) is 4. The van der Waals surface area contributed by atoms with E-state index in [0.717, 1.165) is 22.2 Å². The van der Waals surface area contributed by atoms with Crippen LogP contribution in [0, 0.1) is 0 Å². The summed E-state index contributed by atoms with van der Waals surface area (Å²) < 4.78 is 44.6. The molecule has 0 saturated carbocycles. The zero-order valence-corrected chi connectivity index (χ0v) is 21.2. The molecule has 1 heterocycles. The summed E-state index contributed by atoms with van der Waals surface area (Å²) in [7, 11) is 0. The largest absolute Gasteiger partial charge is 0.462 e. The number of carbonyl (C=O) groups is 1. The van der Waals surface area contributed by atoms with Crippen molar-refractivity contribution in [2.75, 3.05) is 6.54 Å². The minimum absolute atomic E-state index is 0.137. The van der Waals surface area contributed by atoms with Crippen LogP contribution < -0.4 is 10.1 Å². The number of aliphatic hydroxyl groups is 1. The lowest BCUT2D eigenvalue weighted by atomic mass is 9.87. The summed E-state index contributed by atoms with van der Waals surface area (Å²) in [5.41, 5.74) is -2.50. The number of aromatic nitrogens is 1. The van der Waals surface area contributed by atoms with Gasteiger partial charge in [0.25, 0.3) is 5.91 Å². The molecule has 2 N–H and O–H groups in total. The smallest absolute Gasteiger partial charge is 0.417 e. The highest BCUT2D eigenvalue weighted by Gasteiger charge is 2.36. The van der Waals surface area contributed by atoms with E-state index in [2.05, 4.69) is 26.2 Å². The number of nitrogens with one attached hydrogen (secondary N) is 1. The fourth-order valence-electron chi connectivity index (χ4n) is 3.34. The maximum absolute atomic E-state index is 13.0. The summed E-state index contributed by atoms with van der Waals surface area (Å²) in [6.45, 7) is 2.76. The normalized spacial score (nSPS) is 13.7. The average Bonchev–Trinajstić information content (AvgIpc) is 2.78. The van der Waals surface area contributed by atoms with Gasteiger partial charge < -0.3 is 15.2 Å². The molecule has 0 saturated heterocycles. The van der Waals surface area contributed by atoms with Crippen molar-refractivity contribution in [1.29, 1.82) is 0 Å². The second kappa shape index (κ2) is 10.6. The Hall–Kier alpha value is -2.62. The maximum atomic E-state index is 13.0. The highest BCUT2D eigenvalue weighted by Crippen LogP contribution is 2.31. The molecule has 0 aliphatic carbocycles. The molecule has 10 heteroatoms. The van der Waals surface area contributed by atoms with Gasteiger partial charge in [0.1, 0.15) is 5.60 Å². The first-order chi connectivity index (χ1) is 16.3. The van der Waals surface area contributed by atoms with E-state index in [1.54, 1.807) is 42.5 Å². The van der Waals surface area contributed by atoms with Gasteiger partial charge in [-0.05, 0) is 55.3 Å². The highest BCUT2D eigenvalue weighted by molar-refractivity contribution is 9.10. The van der Waals surface area contributed by atoms with Crippen LogP contribution in [0.15, 0.2) is 71.3 Å². The Kier molecular flexibility index (Phi) is 8.14. The lowest BCUT2D eigenvalue weighted by molar-refractivity contribution is -0.138. The number of pyridine rings is 1. The molecular formula is C25H23BrClF3N2O3. The van der Waals surface area contributed by atoms with E-state index < -0.39 is 28.8 Å². The van der Waals surface area contributed by atoms with E-state index in [4.69, 9.17) is 16.3 Å². The van der Waals surface area contributed by atoms with Crippen LogP contribution in [-0.2, 0) is 23.0 Å². The fraction of sp³-hybridized carbons (Fsp3) is 0.280. The van der Waals surface area contributed by atoms with Crippen LogP contribution in [0.2, 0.25) is 5.02 Å². The Labute approximate surface area is 214 Å². The fourth-order valence-corrected chi connectivity index (χ4v) is 3.87. The van der Waals surface area contributed by atoms with E-state index >= 15 is 0 Å². The molecule has 1 amide bonds. The summed E-state index contributed by atoms with van der Waals surface area (Å²) in [5.74, 6) is -0.717. The molecule has 1 unspecified atom stereocenters. The van der Waals surface area contributed by atoms with Crippen molar-refractivity contribution in [3.8, 4) is 5.88 Å². The minimum Gasteiger partial charge on any atom is -0.462 e. The standard InChI is InChI=1S/C25H23BrClF3N2O3/c1-23(2,35-21-11-8-18(14-31-21)25(28,29)30)22(33)32-15-24(34,17-4-3-5-19(26)12-17)13-16-6-9-20(27)10-7-16/h3-12,14,34H,13,15H2,1-2H3,(H,32,33).